The highest BCUT2D eigenvalue weighted by Crippen LogP contribution is 2.38. The Hall–Kier alpha value is -1.04. The first-order valence-corrected chi connectivity index (χ1v) is 4.69. The predicted octanol–water partition coefficient (Wildman–Crippen LogP) is 3.01. The van der Waals surface area contributed by atoms with Crippen LogP contribution in [0, 0.1) is 11.8 Å². The molecule has 0 heterocycles. The van der Waals surface area contributed by atoms with Crippen molar-refractivity contribution in [1.82, 2.24) is 0 Å². The van der Waals surface area contributed by atoms with E-state index in [2.05, 4.69) is 36.5 Å². The molecule has 0 nitrogen and oxygen atoms in total. The summed E-state index contributed by atoms with van der Waals surface area (Å²) in [4.78, 5) is 0. The molecule has 0 amide bonds. The molecule has 0 heteroatoms. The van der Waals surface area contributed by atoms with Crippen LogP contribution in [-0.4, -0.2) is 0 Å². The zero-order chi connectivity index (χ0) is 7.97. The SMILES string of the molecule is C1=CC2=CC3C=CCC3C=C2C1. The number of hydrogen-bond acceptors (Lipinski definition) is 0. The van der Waals surface area contributed by atoms with E-state index in [9.17, 15) is 0 Å². The molecule has 0 aromatic heterocycles. The highest BCUT2D eigenvalue weighted by molar-refractivity contribution is 5.50. The molecule has 0 saturated heterocycles. The van der Waals surface area contributed by atoms with Gasteiger partial charge in [-0.15, -0.1) is 0 Å². The molecule has 2 unspecified atom stereocenters. The maximum atomic E-state index is 2.47. The van der Waals surface area contributed by atoms with E-state index in [1.165, 1.54) is 12.0 Å². The maximum Gasteiger partial charge on any atom is 0.00216 e. The molecule has 0 aromatic rings. The Morgan fingerprint density at radius 3 is 3.17 bits per heavy atom. The second kappa shape index (κ2) is 2.22. The largest absolute Gasteiger partial charge is 0.0873 e. The summed E-state index contributed by atoms with van der Waals surface area (Å²) in [6.45, 7) is 0. The van der Waals surface area contributed by atoms with Gasteiger partial charge in [0.1, 0.15) is 0 Å². The van der Waals surface area contributed by atoms with E-state index in [0.717, 1.165) is 12.3 Å². The number of rotatable bonds is 0. The lowest BCUT2D eigenvalue weighted by Crippen LogP contribution is -2.08. The molecular formula is C12H12. The van der Waals surface area contributed by atoms with Crippen molar-refractivity contribution < 1.29 is 0 Å². The zero-order valence-electron chi connectivity index (χ0n) is 7.03. The van der Waals surface area contributed by atoms with E-state index < -0.39 is 0 Å². The lowest BCUT2D eigenvalue weighted by molar-refractivity contribution is 0.588. The fourth-order valence-corrected chi connectivity index (χ4v) is 2.38. The molecule has 0 radical (unpaired) electrons. The van der Waals surface area contributed by atoms with Gasteiger partial charge >= 0.3 is 0 Å². The molecule has 0 saturated carbocycles. The predicted molar refractivity (Wildman–Crippen MR) is 50.7 cm³/mol. The van der Waals surface area contributed by atoms with E-state index in [1.54, 1.807) is 5.57 Å². The van der Waals surface area contributed by atoms with Crippen LogP contribution >= 0.6 is 0 Å². The molecular weight excluding hydrogens is 144 g/mol. The zero-order valence-corrected chi connectivity index (χ0v) is 7.03. The van der Waals surface area contributed by atoms with Crippen molar-refractivity contribution in [3.8, 4) is 0 Å². The molecule has 12 heavy (non-hydrogen) atoms. The van der Waals surface area contributed by atoms with Gasteiger partial charge in [-0.3, -0.25) is 0 Å². The van der Waals surface area contributed by atoms with Crippen LogP contribution in [0.1, 0.15) is 12.8 Å². The van der Waals surface area contributed by atoms with Crippen LogP contribution in [0.4, 0.5) is 0 Å². The van der Waals surface area contributed by atoms with Crippen molar-refractivity contribution in [1.29, 1.82) is 0 Å². The summed E-state index contributed by atoms with van der Waals surface area (Å²) in [5.74, 6) is 1.48. The average molecular weight is 156 g/mol. The topological polar surface area (TPSA) is 0 Å². The Labute approximate surface area is 73.0 Å². The molecule has 0 aromatic carbocycles. The quantitative estimate of drug-likeness (QED) is 0.473. The van der Waals surface area contributed by atoms with Crippen LogP contribution < -0.4 is 0 Å². The van der Waals surface area contributed by atoms with E-state index in [1.807, 2.05) is 0 Å². The normalized spacial score (nSPS) is 36.0. The highest BCUT2D eigenvalue weighted by Gasteiger charge is 2.25. The molecule has 60 valence electrons. The number of hydrogen-bond donors (Lipinski definition) is 0. The fourth-order valence-electron chi connectivity index (χ4n) is 2.38. The van der Waals surface area contributed by atoms with Crippen molar-refractivity contribution >= 4 is 0 Å². The molecule has 2 atom stereocenters. The van der Waals surface area contributed by atoms with Crippen molar-refractivity contribution in [3.63, 3.8) is 0 Å². The van der Waals surface area contributed by atoms with E-state index in [4.69, 9.17) is 0 Å². The molecule has 3 aliphatic rings. The molecule has 0 bridgehead atoms. The Kier molecular flexibility index (Phi) is 1.20. The fraction of sp³-hybridized carbons (Fsp3) is 0.333. The van der Waals surface area contributed by atoms with E-state index in [0.29, 0.717) is 5.92 Å². The third kappa shape index (κ3) is 0.781. The highest BCUT2D eigenvalue weighted by atomic mass is 14.3. The Morgan fingerprint density at radius 2 is 2.17 bits per heavy atom. The van der Waals surface area contributed by atoms with Crippen LogP contribution in [0.15, 0.2) is 47.6 Å². The van der Waals surface area contributed by atoms with Crippen molar-refractivity contribution in [2.24, 2.45) is 11.8 Å². The van der Waals surface area contributed by atoms with Gasteiger partial charge in [0.15, 0.2) is 0 Å². The smallest absolute Gasteiger partial charge is 0.00216 e. The van der Waals surface area contributed by atoms with Gasteiger partial charge in [-0.2, -0.15) is 0 Å². The number of fused-ring (bicyclic) bond motifs is 2. The summed E-state index contributed by atoms with van der Waals surface area (Å²) in [7, 11) is 0. The Balaban J connectivity index is 2.04. The second-order valence-electron chi connectivity index (χ2n) is 3.83. The standard InChI is InChI=1S/C12H12/c1-3-9-7-11-5-2-6-12(11)8-10(9)4-1/h1-3,5,7-10H,4,6H2. The van der Waals surface area contributed by atoms with Gasteiger partial charge in [-0.05, 0) is 29.9 Å². The molecule has 3 rings (SSSR count). The average Bonchev–Trinajstić information content (AvgIpc) is 2.64. The minimum absolute atomic E-state index is 0.700. The van der Waals surface area contributed by atoms with Crippen LogP contribution in [0.25, 0.3) is 0 Å². The summed E-state index contributed by atoms with van der Waals surface area (Å²) in [5, 5.41) is 0. The second-order valence-corrected chi connectivity index (χ2v) is 3.83. The lowest BCUT2D eigenvalue weighted by Gasteiger charge is -2.19. The lowest BCUT2D eigenvalue weighted by atomic mass is 9.85. The van der Waals surface area contributed by atoms with E-state index >= 15 is 0 Å². The summed E-state index contributed by atoms with van der Waals surface area (Å²) in [6.07, 6.45) is 16.5. The first kappa shape index (κ1) is 6.47. The summed E-state index contributed by atoms with van der Waals surface area (Å²) in [5.41, 5.74) is 3.03. The van der Waals surface area contributed by atoms with Gasteiger partial charge in [-0.25, -0.2) is 0 Å². The molecule has 0 fully saturated rings. The molecule has 3 aliphatic carbocycles. The van der Waals surface area contributed by atoms with Gasteiger partial charge in [0.2, 0.25) is 0 Å². The van der Waals surface area contributed by atoms with Crippen molar-refractivity contribution in [2.45, 2.75) is 12.8 Å². The van der Waals surface area contributed by atoms with E-state index in [-0.39, 0.29) is 0 Å². The summed E-state index contributed by atoms with van der Waals surface area (Å²) < 4.78 is 0. The van der Waals surface area contributed by atoms with Gasteiger partial charge in [0, 0.05) is 5.92 Å². The molecule has 0 spiro atoms. The molecule has 0 N–H and O–H groups in total. The van der Waals surface area contributed by atoms with Crippen LogP contribution in [-0.2, 0) is 0 Å². The van der Waals surface area contributed by atoms with Crippen molar-refractivity contribution in [2.75, 3.05) is 0 Å². The Morgan fingerprint density at radius 1 is 1.17 bits per heavy atom. The number of allylic oxidation sites excluding steroid dienone is 8. The van der Waals surface area contributed by atoms with Crippen LogP contribution in [0.2, 0.25) is 0 Å². The molecule has 0 aliphatic heterocycles. The summed E-state index contributed by atoms with van der Waals surface area (Å²) >= 11 is 0. The van der Waals surface area contributed by atoms with Crippen LogP contribution in [0.3, 0.4) is 0 Å². The minimum Gasteiger partial charge on any atom is -0.0873 e. The van der Waals surface area contributed by atoms with Gasteiger partial charge < -0.3 is 0 Å². The Bertz CT molecular complexity index is 326. The first-order valence-electron chi connectivity index (χ1n) is 4.69. The monoisotopic (exact) mass is 156 g/mol. The van der Waals surface area contributed by atoms with Crippen molar-refractivity contribution in [3.05, 3.63) is 47.6 Å². The first-order chi connectivity index (χ1) is 5.93. The minimum atomic E-state index is 0.700. The third-order valence-corrected chi connectivity index (χ3v) is 3.05. The van der Waals surface area contributed by atoms with Gasteiger partial charge in [0.05, 0.1) is 0 Å². The van der Waals surface area contributed by atoms with Gasteiger partial charge in [-0.1, -0.05) is 36.5 Å². The van der Waals surface area contributed by atoms with Gasteiger partial charge in [0.25, 0.3) is 0 Å². The third-order valence-electron chi connectivity index (χ3n) is 3.05. The van der Waals surface area contributed by atoms with Crippen LogP contribution in [0.5, 0.6) is 0 Å². The maximum absolute atomic E-state index is 2.47. The summed E-state index contributed by atoms with van der Waals surface area (Å²) in [6, 6.07) is 0.